The second-order valence-electron chi connectivity index (χ2n) is 9.68. The highest BCUT2D eigenvalue weighted by atomic mass is 19.4. The average molecular weight is 543 g/mol. The maximum Gasteiger partial charge on any atom is 0.416 e. The van der Waals surface area contributed by atoms with Crippen LogP contribution in [0.1, 0.15) is 64.6 Å². The molecule has 0 radical (unpaired) electrons. The predicted molar refractivity (Wildman–Crippen MR) is 142 cm³/mol. The molecule has 0 aliphatic heterocycles. The van der Waals surface area contributed by atoms with Crippen LogP contribution in [0.2, 0.25) is 0 Å². The highest BCUT2D eigenvalue weighted by Gasteiger charge is 2.30. The molecule has 0 aromatic heterocycles. The van der Waals surface area contributed by atoms with Crippen LogP contribution in [0.25, 0.3) is 0 Å². The molecule has 0 fully saturated rings. The van der Waals surface area contributed by atoms with Gasteiger partial charge in [0, 0.05) is 18.1 Å². The van der Waals surface area contributed by atoms with Gasteiger partial charge >= 0.3 is 12.1 Å². The number of carboxylic acid groups (broad SMARTS) is 1. The number of anilines is 1. The molecule has 3 aromatic carbocycles. The number of nitrogens with one attached hydrogen (secondary N) is 1. The minimum Gasteiger partial charge on any atom is -0.493 e. The van der Waals surface area contributed by atoms with Crippen LogP contribution >= 0.6 is 0 Å². The molecule has 0 atom stereocenters. The Labute approximate surface area is 224 Å². The van der Waals surface area contributed by atoms with Crippen LogP contribution in [0, 0.1) is 0 Å². The second-order valence-corrected chi connectivity index (χ2v) is 9.68. The predicted octanol–water partition coefficient (Wildman–Crippen LogP) is 6.77. The molecule has 0 saturated carbocycles. The van der Waals surface area contributed by atoms with Crippen LogP contribution in [0.15, 0.2) is 71.9 Å². The van der Waals surface area contributed by atoms with Gasteiger partial charge in [-0.05, 0) is 52.9 Å². The summed E-state index contributed by atoms with van der Waals surface area (Å²) in [4.78, 5) is 29.4. The molecular weight excluding hydrogens is 513 g/mol. The quantitative estimate of drug-likeness (QED) is 0.167. The van der Waals surface area contributed by atoms with Gasteiger partial charge in [0.15, 0.2) is 0 Å². The molecule has 10 heteroatoms. The van der Waals surface area contributed by atoms with Gasteiger partial charge in [0.1, 0.15) is 12.4 Å². The molecule has 0 spiro atoms. The van der Waals surface area contributed by atoms with E-state index in [1.165, 1.54) is 23.8 Å². The molecule has 206 valence electrons. The number of hydrogen-bond acceptors (Lipinski definition) is 5. The van der Waals surface area contributed by atoms with Crippen molar-refractivity contribution in [3.8, 4) is 5.75 Å². The zero-order chi connectivity index (χ0) is 28.6. The molecule has 0 saturated heterocycles. The number of nitrogens with zero attached hydrogens (tertiary/aromatic N) is 1. The molecular formula is C29H29F3N2O5. The largest absolute Gasteiger partial charge is 0.493 e. The molecule has 3 rings (SSSR count). The summed E-state index contributed by atoms with van der Waals surface area (Å²) in [7, 11) is 0. The van der Waals surface area contributed by atoms with Crippen molar-refractivity contribution in [2.75, 3.05) is 18.5 Å². The molecule has 0 bridgehead atoms. The van der Waals surface area contributed by atoms with Gasteiger partial charge in [0.25, 0.3) is 5.91 Å². The number of carboxylic acids is 1. The molecule has 39 heavy (non-hydrogen) atoms. The van der Waals surface area contributed by atoms with E-state index >= 15 is 0 Å². The van der Waals surface area contributed by atoms with Crippen molar-refractivity contribution in [3.05, 3.63) is 94.5 Å². The first-order chi connectivity index (χ1) is 18.3. The van der Waals surface area contributed by atoms with Crippen molar-refractivity contribution in [2.45, 2.75) is 38.8 Å². The highest BCUT2D eigenvalue weighted by Crippen LogP contribution is 2.29. The monoisotopic (exact) mass is 542 g/mol. The molecule has 0 aliphatic carbocycles. The molecule has 2 N–H and O–H groups in total. The lowest BCUT2D eigenvalue weighted by atomic mass is 9.87. The van der Waals surface area contributed by atoms with Gasteiger partial charge in [-0.2, -0.15) is 13.2 Å². The normalized spacial score (nSPS) is 11.8. The number of carbonyl (C=O) groups is 2. The van der Waals surface area contributed by atoms with E-state index in [0.717, 1.165) is 29.8 Å². The first kappa shape index (κ1) is 29.2. The molecule has 1 amide bonds. The lowest BCUT2D eigenvalue weighted by Crippen LogP contribution is -2.15. The molecule has 0 unspecified atom stereocenters. The molecule has 0 heterocycles. The van der Waals surface area contributed by atoms with Crippen molar-refractivity contribution in [1.82, 2.24) is 0 Å². The summed E-state index contributed by atoms with van der Waals surface area (Å²) in [5.74, 6) is -1.75. The first-order valence-corrected chi connectivity index (χ1v) is 12.1. The third kappa shape index (κ3) is 8.59. The van der Waals surface area contributed by atoms with E-state index in [-0.39, 0.29) is 35.4 Å². The van der Waals surface area contributed by atoms with E-state index in [4.69, 9.17) is 9.57 Å². The summed E-state index contributed by atoms with van der Waals surface area (Å²) >= 11 is 0. The summed E-state index contributed by atoms with van der Waals surface area (Å²) in [5.41, 5.74) is 0.983. The number of ether oxygens (including phenoxy) is 1. The number of alkyl halides is 3. The average Bonchev–Trinajstić information content (AvgIpc) is 2.87. The van der Waals surface area contributed by atoms with E-state index < -0.39 is 23.6 Å². The van der Waals surface area contributed by atoms with Crippen molar-refractivity contribution in [2.24, 2.45) is 5.16 Å². The Morgan fingerprint density at radius 3 is 2.15 bits per heavy atom. The zero-order valence-electron chi connectivity index (χ0n) is 21.7. The number of amides is 1. The smallest absolute Gasteiger partial charge is 0.416 e. The second kappa shape index (κ2) is 12.5. The van der Waals surface area contributed by atoms with Crippen LogP contribution in [-0.2, 0) is 16.4 Å². The molecule has 0 aliphatic rings. The number of carbonyl (C=O) groups excluding carboxylic acids is 1. The summed E-state index contributed by atoms with van der Waals surface area (Å²) in [5, 5.41) is 15.8. The van der Waals surface area contributed by atoms with Crippen LogP contribution in [-0.4, -0.2) is 36.4 Å². The fourth-order valence-electron chi connectivity index (χ4n) is 3.44. The number of aromatic carboxylic acids is 1. The minimum atomic E-state index is -4.53. The van der Waals surface area contributed by atoms with Crippen LogP contribution in [0.5, 0.6) is 5.75 Å². The third-order valence-corrected chi connectivity index (χ3v) is 5.65. The Morgan fingerprint density at radius 1 is 0.923 bits per heavy atom. The van der Waals surface area contributed by atoms with Crippen molar-refractivity contribution < 1.29 is 37.4 Å². The number of oxime groups is 1. The van der Waals surface area contributed by atoms with E-state index in [2.05, 4.69) is 31.2 Å². The summed E-state index contributed by atoms with van der Waals surface area (Å²) < 4.78 is 43.9. The van der Waals surface area contributed by atoms with Gasteiger partial charge < -0.3 is 20.0 Å². The fourth-order valence-corrected chi connectivity index (χ4v) is 3.44. The van der Waals surface area contributed by atoms with Gasteiger partial charge in [0.05, 0.1) is 29.6 Å². The Bertz CT molecular complexity index is 1310. The number of rotatable bonds is 10. The lowest BCUT2D eigenvalue weighted by molar-refractivity contribution is -0.137. The first-order valence-electron chi connectivity index (χ1n) is 12.1. The molecule has 7 nitrogen and oxygen atoms in total. The van der Waals surface area contributed by atoms with E-state index in [0.29, 0.717) is 12.2 Å². The minimum absolute atomic E-state index is 0.0526. The fraction of sp³-hybridized carbons (Fsp3) is 0.276. The van der Waals surface area contributed by atoms with Gasteiger partial charge in [-0.15, -0.1) is 0 Å². The van der Waals surface area contributed by atoms with Crippen molar-refractivity contribution in [3.63, 3.8) is 0 Å². The van der Waals surface area contributed by atoms with Crippen molar-refractivity contribution in [1.29, 1.82) is 0 Å². The maximum absolute atomic E-state index is 12.8. The Kier molecular flexibility index (Phi) is 9.34. The van der Waals surface area contributed by atoms with Gasteiger partial charge in [-0.1, -0.05) is 50.2 Å². The topological polar surface area (TPSA) is 97.2 Å². The van der Waals surface area contributed by atoms with Gasteiger partial charge in [-0.25, -0.2) is 4.79 Å². The third-order valence-electron chi connectivity index (χ3n) is 5.65. The Hall–Kier alpha value is -4.34. The van der Waals surface area contributed by atoms with E-state index in [1.54, 1.807) is 6.21 Å². The number of hydrogen-bond donors (Lipinski definition) is 2. The van der Waals surface area contributed by atoms with Gasteiger partial charge in [0.2, 0.25) is 0 Å². The Morgan fingerprint density at radius 2 is 1.56 bits per heavy atom. The lowest BCUT2D eigenvalue weighted by Gasteiger charge is -2.18. The number of benzene rings is 3. The number of halogens is 3. The zero-order valence-corrected chi connectivity index (χ0v) is 21.7. The Balaban J connectivity index is 1.52. The van der Waals surface area contributed by atoms with Crippen LogP contribution in [0.4, 0.5) is 18.9 Å². The summed E-state index contributed by atoms with van der Waals surface area (Å²) in [6.45, 7) is 6.93. The highest BCUT2D eigenvalue weighted by molar-refractivity contribution is 6.07. The maximum atomic E-state index is 12.8. The summed E-state index contributed by atoms with van der Waals surface area (Å²) in [6.07, 6.45) is -2.44. The van der Waals surface area contributed by atoms with Crippen LogP contribution in [0.3, 0.4) is 0 Å². The molecule has 3 aromatic rings. The van der Waals surface area contributed by atoms with E-state index in [9.17, 15) is 27.9 Å². The van der Waals surface area contributed by atoms with Crippen LogP contribution < -0.4 is 10.1 Å². The van der Waals surface area contributed by atoms with Crippen molar-refractivity contribution >= 4 is 23.8 Å². The van der Waals surface area contributed by atoms with E-state index in [1.807, 2.05) is 24.3 Å². The van der Waals surface area contributed by atoms with Gasteiger partial charge in [-0.3, -0.25) is 4.79 Å². The SMILES string of the molecule is CC(C)(C)c1ccc(/C=N/OCCCOc2ccc(C(=O)O)c(NC(=O)c3ccc(C(F)(F)F)cc3)c2)cc1. The summed E-state index contributed by atoms with van der Waals surface area (Å²) in [6, 6.07) is 15.7. The standard InChI is InChI=1S/C29H29F3N2O5/c1-28(2,3)21-9-5-19(6-10-21)18-33-39-16-4-15-38-23-13-14-24(27(36)37)25(17-23)34-26(35)20-7-11-22(12-8-20)29(30,31)32/h5-14,17-18H,4,15-16H2,1-3H3,(H,34,35)(H,36,37)/b33-18+.